The molecule has 5 heteroatoms. The van der Waals surface area contributed by atoms with E-state index in [0.717, 1.165) is 43.3 Å². The first-order valence-electron chi connectivity index (χ1n) is 8.02. The summed E-state index contributed by atoms with van der Waals surface area (Å²) in [5.41, 5.74) is 2.34. The van der Waals surface area contributed by atoms with Crippen LogP contribution in [0, 0.1) is 0 Å². The highest BCUT2D eigenvalue weighted by Gasteiger charge is 2.21. The summed E-state index contributed by atoms with van der Waals surface area (Å²) in [6.45, 7) is 3.27. The van der Waals surface area contributed by atoms with E-state index in [1.54, 1.807) is 0 Å². The van der Waals surface area contributed by atoms with Crippen molar-refractivity contribution in [1.82, 2.24) is 9.47 Å². The van der Waals surface area contributed by atoms with E-state index in [-0.39, 0.29) is 5.91 Å². The van der Waals surface area contributed by atoms with Crippen molar-refractivity contribution >= 4 is 23.2 Å². The lowest BCUT2D eigenvalue weighted by atomic mass is 10.2. The third-order valence-electron chi connectivity index (χ3n) is 4.45. The first-order chi connectivity index (χ1) is 11.1. The maximum Gasteiger partial charge on any atom is 0.223 e. The molecule has 0 spiro atoms. The van der Waals surface area contributed by atoms with Crippen molar-refractivity contribution in [3.05, 3.63) is 53.3 Å². The van der Waals surface area contributed by atoms with Crippen LogP contribution in [0.2, 0.25) is 5.02 Å². The fourth-order valence-electron chi connectivity index (χ4n) is 3.04. The van der Waals surface area contributed by atoms with E-state index in [0.29, 0.717) is 6.42 Å². The van der Waals surface area contributed by atoms with Gasteiger partial charge in [0.05, 0.1) is 0 Å². The van der Waals surface area contributed by atoms with Gasteiger partial charge in [-0.15, -0.1) is 0 Å². The second-order valence-electron chi connectivity index (χ2n) is 5.96. The van der Waals surface area contributed by atoms with Crippen LogP contribution in [0.4, 0.5) is 5.69 Å². The van der Waals surface area contributed by atoms with E-state index in [9.17, 15) is 4.79 Å². The summed E-state index contributed by atoms with van der Waals surface area (Å²) >= 11 is 6.05. The van der Waals surface area contributed by atoms with Crippen molar-refractivity contribution in [2.75, 3.05) is 31.1 Å². The number of halogens is 1. The molecule has 1 fully saturated rings. The molecule has 0 bridgehead atoms. The molecule has 4 nitrogen and oxygen atoms in total. The number of aryl methyl sites for hydroxylation is 2. The molecule has 1 aliphatic rings. The third-order valence-corrected chi connectivity index (χ3v) is 4.69. The molecule has 1 aromatic heterocycles. The number of nitrogens with zero attached hydrogens (tertiary/aromatic N) is 3. The van der Waals surface area contributed by atoms with Crippen LogP contribution in [0.3, 0.4) is 0 Å². The number of anilines is 1. The maximum atomic E-state index is 12.4. The predicted octanol–water partition coefficient (Wildman–Crippen LogP) is 2.96. The van der Waals surface area contributed by atoms with Gasteiger partial charge >= 0.3 is 0 Å². The number of piperazine rings is 1. The SMILES string of the molecule is Cn1cccc1CCC(=O)N1CCN(c2cccc(Cl)c2)CC1. The van der Waals surface area contributed by atoms with Gasteiger partial charge in [-0.1, -0.05) is 17.7 Å². The molecule has 1 aliphatic heterocycles. The Balaban J connectivity index is 1.50. The third kappa shape index (κ3) is 3.88. The van der Waals surface area contributed by atoms with Crippen LogP contribution in [0.15, 0.2) is 42.6 Å². The summed E-state index contributed by atoms with van der Waals surface area (Å²) in [4.78, 5) is 16.6. The fraction of sp³-hybridized carbons (Fsp3) is 0.389. The molecular weight excluding hydrogens is 310 g/mol. The zero-order valence-corrected chi connectivity index (χ0v) is 14.2. The van der Waals surface area contributed by atoms with Crippen LogP contribution in [0.25, 0.3) is 0 Å². The number of carbonyl (C=O) groups excluding carboxylic acids is 1. The molecule has 23 heavy (non-hydrogen) atoms. The Hall–Kier alpha value is -1.94. The van der Waals surface area contributed by atoms with Crippen molar-refractivity contribution in [2.45, 2.75) is 12.8 Å². The van der Waals surface area contributed by atoms with Gasteiger partial charge in [0.2, 0.25) is 5.91 Å². The number of hydrogen-bond donors (Lipinski definition) is 0. The second kappa shape index (κ2) is 7.09. The second-order valence-corrected chi connectivity index (χ2v) is 6.39. The van der Waals surface area contributed by atoms with E-state index in [1.807, 2.05) is 42.4 Å². The first kappa shape index (κ1) is 15.9. The van der Waals surface area contributed by atoms with E-state index >= 15 is 0 Å². The van der Waals surface area contributed by atoms with Gasteiger partial charge < -0.3 is 14.4 Å². The standard InChI is InChI=1S/C18H22ClN3O/c1-20-9-3-6-16(20)7-8-18(23)22-12-10-21(11-13-22)17-5-2-4-15(19)14-17/h2-6,9,14H,7-8,10-13H2,1H3. The van der Waals surface area contributed by atoms with Crippen LogP contribution >= 0.6 is 11.6 Å². The Morgan fingerprint density at radius 2 is 1.91 bits per heavy atom. The fourth-order valence-corrected chi connectivity index (χ4v) is 3.22. The summed E-state index contributed by atoms with van der Waals surface area (Å²) in [5, 5.41) is 0.753. The van der Waals surface area contributed by atoms with E-state index < -0.39 is 0 Å². The molecule has 0 saturated carbocycles. The first-order valence-corrected chi connectivity index (χ1v) is 8.40. The van der Waals surface area contributed by atoms with Gasteiger partial charge in [0, 0.05) is 62.2 Å². The lowest BCUT2D eigenvalue weighted by molar-refractivity contribution is -0.131. The summed E-state index contributed by atoms with van der Waals surface area (Å²) < 4.78 is 2.07. The van der Waals surface area contributed by atoms with Gasteiger partial charge in [-0.05, 0) is 36.8 Å². The Labute approximate surface area is 142 Å². The van der Waals surface area contributed by atoms with Crippen molar-refractivity contribution in [3.8, 4) is 0 Å². The molecule has 0 atom stereocenters. The molecule has 2 heterocycles. The normalized spacial score (nSPS) is 15.0. The molecule has 0 aliphatic carbocycles. The Bertz CT molecular complexity index is 674. The quantitative estimate of drug-likeness (QED) is 0.861. The van der Waals surface area contributed by atoms with Crippen LogP contribution in [0.5, 0.6) is 0 Å². The lowest BCUT2D eigenvalue weighted by Crippen LogP contribution is -2.48. The van der Waals surface area contributed by atoms with E-state index in [4.69, 9.17) is 11.6 Å². The number of rotatable bonds is 4. The van der Waals surface area contributed by atoms with Gasteiger partial charge in [0.1, 0.15) is 0 Å². The molecule has 2 aromatic rings. The van der Waals surface area contributed by atoms with Crippen LogP contribution in [0.1, 0.15) is 12.1 Å². The number of hydrogen-bond acceptors (Lipinski definition) is 2. The zero-order chi connectivity index (χ0) is 16.2. The highest BCUT2D eigenvalue weighted by Crippen LogP contribution is 2.21. The molecule has 0 radical (unpaired) electrons. The van der Waals surface area contributed by atoms with E-state index in [2.05, 4.69) is 21.6 Å². The van der Waals surface area contributed by atoms with Crippen molar-refractivity contribution in [1.29, 1.82) is 0 Å². The van der Waals surface area contributed by atoms with Gasteiger partial charge in [-0.3, -0.25) is 4.79 Å². The summed E-state index contributed by atoms with van der Waals surface area (Å²) in [6.07, 6.45) is 3.40. The van der Waals surface area contributed by atoms with Crippen molar-refractivity contribution in [2.24, 2.45) is 7.05 Å². The monoisotopic (exact) mass is 331 g/mol. The molecule has 1 aromatic carbocycles. The highest BCUT2D eigenvalue weighted by molar-refractivity contribution is 6.30. The van der Waals surface area contributed by atoms with Gasteiger partial charge in [0.25, 0.3) is 0 Å². The topological polar surface area (TPSA) is 28.5 Å². The minimum atomic E-state index is 0.247. The van der Waals surface area contributed by atoms with Crippen molar-refractivity contribution < 1.29 is 4.79 Å². The number of amides is 1. The zero-order valence-electron chi connectivity index (χ0n) is 13.4. The van der Waals surface area contributed by atoms with Crippen LogP contribution < -0.4 is 4.90 Å². The minimum Gasteiger partial charge on any atom is -0.368 e. The molecule has 1 saturated heterocycles. The number of carbonyl (C=O) groups is 1. The predicted molar refractivity (Wildman–Crippen MR) is 94.0 cm³/mol. The maximum absolute atomic E-state index is 12.4. The Morgan fingerprint density at radius 3 is 2.57 bits per heavy atom. The Kier molecular flexibility index (Phi) is 4.91. The van der Waals surface area contributed by atoms with Gasteiger partial charge in [-0.2, -0.15) is 0 Å². The highest BCUT2D eigenvalue weighted by atomic mass is 35.5. The lowest BCUT2D eigenvalue weighted by Gasteiger charge is -2.36. The number of benzene rings is 1. The van der Waals surface area contributed by atoms with E-state index in [1.165, 1.54) is 5.69 Å². The smallest absolute Gasteiger partial charge is 0.223 e. The molecular formula is C18H22ClN3O. The molecule has 122 valence electrons. The van der Waals surface area contributed by atoms with Crippen LogP contribution in [-0.4, -0.2) is 41.6 Å². The van der Waals surface area contributed by atoms with Crippen molar-refractivity contribution in [3.63, 3.8) is 0 Å². The molecule has 1 amide bonds. The summed E-state index contributed by atoms with van der Waals surface area (Å²) in [6, 6.07) is 12.0. The van der Waals surface area contributed by atoms with Crippen LogP contribution in [-0.2, 0) is 18.3 Å². The molecule has 3 rings (SSSR count). The number of aromatic nitrogens is 1. The van der Waals surface area contributed by atoms with Gasteiger partial charge in [-0.25, -0.2) is 0 Å². The molecule has 0 unspecified atom stereocenters. The Morgan fingerprint density at radius 1 is 1.13 bits per heavy atom. The summed E-state index contributed by atoms with van der Waals surface area (Å²) in [5.74, 6) is 0.247. The average Bonchev–Trinajstić information content (AvgIpc) is 2.98. The summed E-state index contributed by atoms with van der Waals surface area (Å²) in [7, 11) is 2.02. The minimum absolute atomic E-state index is 0.247. The average molecular weight is 332 g/mol. The molecule has 0 N–H and O–H groups in total. The largest absolute Gasteiger partial charge is 0.368 e. The van der Waals surface area contributed by atoms with Gasteiger partial charge in [0.15, 0.2) is 0 Å².